The van der Waals surface area contributed by atoms with Gasteiger partial charge in [0.05, 0.1) is 19.3 Å². The van der Waals surface area contributed by atoms with Crippen molar-refractivity contribution in [1.82, 2.24) is 4.98 Å². The third kappa shape index (κ3) is 2.52. The van der Waals surface area contributed by atoms with Gasteiger partial charge in [0.15, 0.2) is 11.6 Å². The minimum absolute atomic E-state index is 0.146. The molecule has 0 aromatic carbocycles. The lowest BCUT2D eigenvalue weighted by Gasteiger charge is -2.36. The maximum absolute atomic E-state index is 10.1. The van der Waals surface area contributed by atoms with Gasteiger partial charge < -0.3 is 14.7 Å². The van der Waals surface area contributed by atoms with E-state index >= 15 is 0 Å². The molecule has 1 fully saturated rings. The second-order valence-electron chi connectivity index (χ2n) is 4.56. The maximum atomic E-state index is 10.1. The van der Waals surface area contributed by atoms with Gasteiger partial charge in [-0.15, -0.1) is 0 Å². The molecule has 2 unspecified atom stereocenters. The molecule has 1 aromatic heterocycles. The molecular formula is C13H20N2O2. The molecule has 1 heterocycles. The molecule has 4 heteroatoms. The molecule has 1 saturated carbocycles. The molecule has 0 amide bonds. The minimum Gasteiger partial charge on any atom is -0.493 e. The van der Waals surface area contributed by atoms with Crippen LogP contribution >= 0.6 is 0 Å². The van der Waals surface area contributed by atoms with E-state index in [1.807, 2.05) is 24.1 Å². The van der Waals surface area contributed by atoms with Gasteiger partial charge in [0.25, 0.3) is 0 Å². The van der Waals surface area contributed by atoms with Crippen molar-refractivity contribution in [1.29, 1.82) is 0 Å². The highest BCUT2D eigenvalue weighted by Gasteiger charge is 2.28. The van der Waals surface area contributed by atoms with Gasteiger partial charge in [-0.3, -0.25) is 0 Å². The molecule has 1 aliphatic carbocycles. The van der Waals surface area contributed by atoms with E-state index in [4.69, 9.17) is 4.74 Å². The largest absolute Gasteiger partial charge is 0.493 e. The summed E-state index contributed by atoms with van der Waals surface area (Å²) >= 11 is 0. The van der Waals surface area contributed by atoms with Crippen LogP contribution in [-0.2, 0) is 0 Å². The lowest BCUT2D eigenvalue weighted by molar-refractivity contribution is 0.106. The SMILES string of the molecule is COc1cccnc1N(C)C1CCCCC1O. The van der Waals surface area contributed by atoms with E-state index in [0.717, 1.165) is 30.8 Å². The van der Waals surface area contributed by atoms with Crippen LogP contribution in [0.1, 0.15) is 25.7 Å². The number of anilines is 1. The Morgan fingerprint density at radius 2 is 2.18 bits per heavy atom. The lowest BCUT2D eigenvalue weighted by Crippen LogP contribution is -2.43. The van der Waals surface area contributed by atoms with Crippen molar-refractivity contribution >= 4 is 5.82 Å². The van der Waals surface area contributed by atoms with Gasteiger partial charge in [0.1, 0.15) is 0 Å². The van der Waals surface area contributed by atoms with Gasteiger partial charge in [-0.1, -0.05) is 12.8 Å². The zero-order chi connectivity index (χ0) is 12.3. The number of pyridine rings is 1. The predicted molar refractivity (Wildman–Crippen MR) is 67.5 cm³/mol. The average molecular weight is 236 g/mol. The van der Waals surface area contributed by atoms with Gasteiger partial charge in [-0.05, 0) is 25.0 Å². The van der Waals surface area contributed by atoms with Crippen LogP contribution in [0.4, 0.5) is 5.82 Å². The van der Waals surface area contributed by atoms with E-state index < -0.39 is 0 Å². The van der Waals surface area contributed by atoms with Crippen LogP contribution in [-0.4, -0.2) is 36.4 Å². The zero-order valence-electron chi connectivity index (χ0n) is 10.5. The number of likely N-dealkylation sites (N-methyl/N-ethyl adjacent to an activating group) is 1. The standard InChI is InChI=1S/C13H20N2O2/c1-15(10-6-3-4-7-11(10)16)13-12(17-2)8-5-9-14-13/h5,8-11,16H,3-4,6-7H2,1-2H3. The third-order valence-electron chi connectivity index (χ3n) is 3.50. The third-order valence-corrected chi connectivity index (χ3v) is 3.50. The van der Waals surface area contributed by atoms with Gasteiger partial charge in [-0.25, -0.2) is 4.98 Å². The summed E-state index contributed by atoms with van der Waals surface area (Å²) in [6.45, 7) is 0. The number of hydrogen-bond donors (Lipinski definition) is 1. The summed E-state index contributed by atoms with van der Waals surface area (Å²) in [5.74, 6) is 1.56. The summed E-state index contributed by atoms with van der Waals surface area (Å²) in [6.07, 6.45) is 5.66. The number of aliphatic hydroxyl groups excluding tert-OH is 1. The minimum atomic E-state index is -0.263. The smallest absolute Gasteiger partial charge is 0.171 e. The Morgan fingerprint density at radius 1 is 1.41 bits per heavy atom. The molecule has 17 heavy (non-hydrogen) atoms. The number of ether oxygens (including phenoxy) is 1. The molecule has 1 aliphatic rings. The van der Waals surface area contributed by atoms with E-state index in [0.29, 0.717) is 0 Å². The predicted octanol–water partition coefficient (Wildman–Crippen LogP) is 1.83. The van der Waals surface area contributed by atoms with Crippen LogP contribution in [0.3, 0.4) is 0 Å². The fraction of sp³-hybridized carbons (Fsp3) is 0.615. The summed E-state index contributed by atoms with van der Waals surface area (Å²) in [7, 11) is 3.62. The highest BCUT2D eigenvalue weighted by molar-refractivity contribution is 5.52. The summed E-state index contributed by atoms with van der Waals surface area (Å²) in [5, 5.41) is 10.1. The number of nitrogens with zero attached hydrogens (tertiary/aromatic N) is 2. The molecular weight excluding hydrogens is 216 g/mol. The van der Waals surface area contributed by atoms with Gasteiger partial charge in [0, 0.05) is 13.2 Å². The first kappa shape index (κ1) is 12.2. The number of hydrogen-bond acceptors (Lipinski definition) is 4. The molecule has 4 nitrogen and oxygen atoms in total. The number of rotatable bonds is 3. The van der Waals surface area contributed by atoms with Crippen molar-refractivity contribution in [2.75, 3.05) is 19.1 Å². The summed E-state index contributed by atoms with van der Waals surface area (Å²) in [6, 6.07) is 3.90. The van der Waals surface area contributed by atoms with E-state index in [1.165, 1.54) is 6.42 Å². The fourth-order valence-electron chi connectivity index (χ4n) is 2.51. The van der Waals surface area contributed by atoms with Gasteiger partial charge in [0.2, 0.25) is 0 Å². The Bertz CT molecular complexity index is 370. The van der Waals surface area contributed by atoms with Crippen LogP contribution in [0, 0.1) is 0 Å². The van der Waals surface area contributed by atoms with Crippen molar-refractivity contribution in [3.05, 3.63) is 18.3 Å². The molecule has 2 rings (SSSR count). The Balaban J connectivity index is 2.20. The zero-order valence-corrected chi connectivity index (χ0v) is 10.5. The molecule has 0 saturated heterocycles. The molecule has 0 radical (unpaired) electrons. The first-order valence-electron chi connectivity index (χ1n) is 6.14. The van der Waals surface area contributed by atoms with E-state index in [1.54, 1.807) is 13.3 Å². The van der Waals surface area contributed by atoms with Crippen LogP contribution < -0.4 is 9.64 Å². The molecule has 2 atom stereocenters. The summed E-state index contributed by atoms with van der Waals surface area (Å²) < 4.78 is 5.31. The number of aromatic nitrogens is 1. The van der Waals surface area contributed by atoms with Crippen LogP contribution in [0.2, 0.25) is 0 Å². The number of aliphatic hydroxyl groups is 1. The molecule has 1 N–H and O–H groups in total. The van der Waals surface area contributed by atoms with E-state index in [2.05, 4.69) is 4.98 Å². The Morgan fingerprint density at radius 3 is 2.88 bits per heavy atom. The van der Waals surface area contributed by atoms with Crippen LogP contribution in [0.25, 0.3) is 0 Å². The van der Waals surface area contributed by atoms with E-state index in [9.17, 15) is 5.11 Å². The van der Waals surface area contributed by atoms with Crippen molar-refractivity contribution in [2.24, 2.45) is 0 Å². The highest BCUT2D eigenvalue weighted by atomic mass is 16.5. The van der Waals surface area contributed by atoms with Crippen molar-refractivity contribution in [3.8, 4) is 5.75 Å². The number of methoxy groups -OCH3 is 1. The molecule has 94 valence electrons. The molecule has 0 bridgehead atoms. The van der Waals surface area contributed by atoms with Crippen LogP contribution in [0.5, 0.6) is 5.75 Å². The second kappa shape index (κ2) is 5.36. The normalized spacial score (nSPS) is 24.4. The first-order chi connectivity index (χ1) is 8.24. The summed E-state index contributed by atoms with van der Waals surface area (Å²) in [5.41, 5.74) is 0. The van der Waals surface area contributed by atoms with Gasteiger partial charge in [-0.2, -0.15) is 0 Å². The maximum Gasteiger partial charge on any atom is 0.171 e. The monoisotopic (exact) mass is 236 g/mol. The van der Waals surface area contributed by atoms with Crippen LogP contribution in [0.15, 0.2) is 18.3 Å². The fourth-order valence-corrected chi connectivity index (χ4v) is 2.51. The molecule has 0 aliphatic heterocycles. The van der Waals surface area contributed by atoms with Crippen molar-refractivity contribution < 1.29 is 9.84 Å². The van der Waals surface area contributed by atoms with Gasteiger partial charge >= 0.3 is 0 Å². The quantitative estimate of drug-likeness (QED) is 0.869. The molecule has 1 aromatic rings. The second-order valence-corrected chi connectivity index (χ2v) is 4.56. The summed E-state index contributed by atoms with van der Waals surface area (Å²) in [4.78, 5) is 6.39. The highest BCUT2D eigenvalue weighted by Crippen LogP contribution is 2.30. The van der Waals surface area contributed by atoms with Crippen molar-refractivity contribution in [2.45, 2.75) is 37.8 Å². The average Bonchev–Trinajstić information content (AvgIpc) is 2.38. The van der Waals surface area contributed by atoms with E-state index in [-0.39, 0.29) is 12.1 Å². The Labute approximate surface area is 102 Å². The Hall–Kier alpha value is -1.29. The van der Waals surface area contributed by atoms with Crippen molar-refractivity contribution in [3.63, 3.8) is 0 Å². The molecule has 0 spiro atoms. The topological polar surface area (TPSA) is 45.6 Å². The lowest BCUT2D eigenvalue weighted by atomic mass is 9.91. The Kier molecular flexibility index (Phi) is 3.84. The first-order valence-corrected chi connectivity index (χ1v) is 6.14.